The van der Waals surface area contributed by atoms with Crippen molar-refractivity contribution in [1.29, 1.82) is 0 Å². The predicted molar refractivity (Wildman–Crippen MR) is 84.6 cm³/mol. The van der Waals surface area contributed by atoms with Gasteiger partial charge in [-0.15, -0.1) is 11.3 Å². The Morgan fingerprint density at radius 3 is 2.67 bits per heavy atom. The van der Waals surface area contributed by atoms with E-state index in [-0.39, 0.29) is 12.0 Å². The lowest BCUT2D eigenvalue weighted by Crippen LogP contribution is -2.37. The Morgan fingerprint density at radius 2 is 2.00 bits per heavy atom. The van der Waals surface area contributed by atoms with Gasteiger partial charge in [-0.3, -0.25) is 4.79 Å². The van der Waals surface area contributed by atoms with E-state index in [0.717, 1.165) is 42.1 Å². The zero-order valence-electron chi connectivity index (χ0n) is 11.7. The van der Waals surface area contributed by atoms with Crippen molar-refractivity contribution in [3.63, 3.8) is 0 Å². The van der Waals surface area contributed by atoms with Gasteiger partial charge >= 0.3 is 5.97 Å². The van der Waals surface area contributed by atoms with E-state index >= 15 is 0 Å². The summed E-state index contributed by atoms with van der Waals surface area (Å²) in [6, 6.07) is 10.0. The predicted octanol–water partition coefficient (Wildman–Crippen LogP) is 4.01. The summed E-state index contributed by atoms with van der Waals surface area (Å²) in [6.45, 7) is 0. The van der Waals surface area contributed by atoms with E-state index in [2.05, 4.69) is 10.3 Å². The van der Waals surface area contributed by atoms with Crippen molar-refractivity contribution >= 4 is 22.4 Å². The summed E-state index contributed by atoms with van der Waals surface area (Å²) in [5.41, 5.74) is 1.70. The maximum Gasteiger partial charge on any atom is 0.305 e. The number of thiazole rings is 1. The molecule has 110 valence electrons. The van der Waals surface area contributed by atoms with Crippen LogP contribution in [0.3, 0.4) is 0 Å². The molecule has 0 aliphatic heterocycles. The van der Waals surface area contributed by atoms with Gasteiger partial charge in [0.1, 0.15) is 0 Å². The molecule has 2 N–H and O–H groups in total. The second-order valence-corrected chi connectivity index (χ2v) is 6.44. The van der Waals surface area contributed by atoms with Gasteiger partial charge in [0.05, 0.1) is 12.1 Å². The molecule has 0 spiro atoms. The van der Waals surface area contributed by atoms with Crippen molar-refractivity contribution in [2.75, 3.05) is 5.32 Å². The van der Waals surface area contributed by atoms with Crippen LogP contribution >= 0.6 is 11.3 Å². The van der Waals surface area contributed by atoms with Crippen LogP contribution in [-0.4, -0.2) is 21.6 Å². The molecule has 1 aliphatic rings. The van der Waals surface area contributed by atoms with Crippen LogP contribution in [0.2, 0.25) is 0 Å². The van der Waals surface area contributed by atoms with Crippen molar-refractivity contribution in [1.82, 2.24) is 4.98 Å². The largest absolute Gasteiger partial charge is 0.481 e. The molecule has 3 rings (SSSR count). The minimum atomic E-state index is -0.746. The maximum atomic E-state index is 11.1. The molecule has 1 aromatic carbocycles. The highest BCUT2D eigenvalue weighted by molar-refractivity contribution is 7.14. The third-order valence-electron chi connectivity index (χ3n) is 4.00. The average Bonchev–Trinajstić information content (AvgIpc) is 3.09. The van der Waals surface area contributed by atoms with E-state index in [0.29, 0.717) is 0 Å². The highest BCUT2D eigenvalue weighted by Gasteiger charge is 2.36. The summed E-state index contributed by atoms with van der Waals surface area (Å²) in [5.74, 6) is -0.746. The zero-order chi connectivity index (χ0) is 14.7. The Bertz CT molecular complexity index is 618. The monoisotopic (exact) mass is 302 g/mol. The van der Waals surface area contributed by atoms with Gasteiger partial charge in [0, 0.05) is 16.5 Å². The van der Waals surface area contributed by atoms with Crippen LogP contribution in [-0.2, 0) is 4.79 Å². The van der Waals surface area contributed by atoms with Crippen molar-refractivity contribution in [3.05, 3.63) is 35.7 Å². The molecule has 5 heteroatoms. The van der Waals surface area contributed by atoms with E-state index in [1.807, 2.05) is 35.7 Å². The highest BCUT2D eigenvalue weighted by atomic mass is 32.1. The van der Waals surface area contributed by atoms with Crippen LogP contribution in [0.4, 0.5) is 5.13 Å². The first-order valence-electron chi connectivity index (χ1n) is 7.18. The Hall–Kier alpha value is -1.88. The number of aromatic nitrogens is 1. The van der Waals surface area contributed by atoms with E-state index in [9.17, 15) is 4.79 Å². The summed E-state index contributed by atoms with van der Waals surface area (Å²) in [4.78, 5) is 15.7. The molecular weight excluding hydrogens is 284 g/mol. The van der Waals surface area contributed by atoms with Gasteiger partial charge in [-0.05, 0) is 12.8 Å². The van der Waals surface area contributed by atoms with Gasteiger partial charge in [0.2, 0.25) is 0 Å². The Kier molecular flexibility index (Phi) is 3.92. The van der Waals surface area contributed by atoms with Crippen molar-refractivity contribution < 1.29 is 9.90 Å². The number of anilines is 1. The smallest absolute Gasteiger partial charge is 0.305 e. The summed E-state index contributed by atoms with van der Waals surface area (Å²) < 4.78 is 0. The van der Waals surface area contributed by atoms with Crippen LogP contribution in [0.5, 0.6) is 0 Å². The summed E-state index contributed by atoms with van der Waals surface area (Å²) in [5, 5.41) is 15.4. The van der Waals surface area contributed by atoms with E-state index in [1.54, 1.807) is 11.3 Å². The number of hydrogen-bond acceptors (Lipinski definition) is 4. The molecule has 1 fully saturated rings. The van der Waals surface area contributed by atoms with E-state index in [1.165, 1.54) is 0 Å². The Morgan fingerprint density at radius 1 is 1.29 bits per heavy atom. The molecule has 1 heterocycles. The van der Waals surface area contributed by atoms with Gasteiger partial charge in [0.15, 0.2) is 5.13 Å². The molecule has 1 aromatic heterocycles. The topological polar surface area (TPSA) is 62.2 Å². The lowest BCUT2D eigenvalue weighted by Gasteiger charge is -2.28. The quantitative estimate of drug-likeness (QED) is 0.876. The molecule has 0 amide bonds. The Labute approximate surface area is 127 Å². The van der Waals surface area contributed by atoms with Crippen molar-refractivity contribution in [3.8, 4) is 11.3 Å². The van der Waals surface area contributed by atoms with Crippen LogP contribution in [0.1, 0.15) is 32.1 Å². The fraction of sp³-hybridized carbons (Fsp3) is 0.375. The molecule has 0 unspecified atom stereocenters. The van der Waals surface area contributed by atoms with Gasteiger partial charge in [-0.1, -0.05) is 43.2 Å². The highest BCUT2D eigenvalue weighted by Crippen LogP contribution is 2.37. The van der Waals surface area contributed by atoms with Crippen molar-refractivity contribution in [2.24, 2.45) is 0 Å². The SMILES string of the molecule is O=C(O)CC1(Nc2nc(-c3ccccc3)cs2)CCCC1. The summed E-state index contributed by atoms with van der Waals surface area (Å²) in [6.07, 6.45) is 4.13. The Balaban J connectivity index is 1.78. The van der Waals surface area contributed by atoms with E-state index in [4.69, 9.17) is 5.11 Å². The van der Waals surface area contributed by atoms with Crippen molar-refractivity contribution in [2.45, 2.75) is 37.6 Å². The third kappa shape index (κ3) is 3.24. The zero-order valence-corrected chi connectivity index (χ0v) is 12.5. The fourth-order valence-corrected chi connectivity index (χ4v) is 3.83. The third-order valence-corrected chi connectivity index (χ3v) is 4.75. The average molecular weight is 302 g/mol. The maximum absolute atomic E-state index is 11.1. The number of benzene rings is 1. The lowest BCUT2D eigenvalue weighted by molar-refractivity contribution is -0.138. The fourth-order valence-electron chi connectivity index (χ4n) is 2.99. The summed E-state index contributed by atoms with van der Waals surface area (Å²) >= 11 is 1.54. The standard InChI is InChI=1S/C16H18N2O2S/c19-14(20)10-16(8-4-5-9-16)18-15-17-13(11-21-15)12-6-2-1-3-7-12/h1-3,6-7,11H,4-5,8-10H2,(H,17,18)(H,19,20). The summed E-state index contributed by atoms with van der Waals surface area (Å²) in [7, 11) is 0. The number of carboxylic acids is 1. The molecule has 1 saturated carbocycles. The molecule has 4 nitrogen and oxygen atoms in total. The minimum Gasteiger partial charge on any atom is -0.481 e. The van der Waals surface area contributed by atoms with Crippen LogP contribution < -0.4 is 5.32 Å². The van der Waals surface area contributed by atoms with Crippen LogP contribution in [0.15, 0.2) is 35.7 Å². The first-order valence-corrected chi connectivity index (χ1v) is 8.06. The molecular formula is C16H18N2O2S. The first-order chi connectivity index (χ1) is 10.2. The van der Waals surface area contributed by atoms with Crippen LogP contribution in [0.25, 0.3) is 11.3 Å². The number of nitrogens with one attached hydrogen (secondary N) is 1. The van der Waals surface area contributed by atoms with Gasteiger partial charge in [0.25, 0.3) is 0 Å². The number of carbonyl (C=O) groups is 1. The molecule has 0 atom stereocenters. The number of hydrogen-bond donors (Lipinski definition) is 2. The second-order valence-electron chi connectivity index (χ2n) is 5.59. The number of rotatable bonds is 5. The first kappa shape index (κ1) is 14.1. The van der Waals surface area contributed by atoms with Crippen LogP contribution in [0, 0.1) is 0 Å². The van der Waals surface area contributed by atoms with E-state index < -0.39 is 5.97 Å². The number of carboxylic acid groups (broad SMARTS) is 1. The molecule has 1 aliphatic carbocycles. The number of nitrogens with zero attached hydrogens (tertiary/aromatic N) is 1. The van der Waals surface area contributed by atoms with Gasteiger partial charge < -0.3 is 10.4 Å². The molecule has 0 radical (unpaired) electrons. The molecule has 0 bridgehead atoms. The van der Waals surface area contributed by atoms with Gasteiger partial charge in [-0.25, -0.2) is 4.98 Å². The molecule has 0 saturated heterocycles. The minimum absolute atomic E-state index is 0.160. The second kappa shape index (κ2) is 5.85. The van der Waals surface area contributed by atoms with Gasteiger partial charge in [-0.2, -0.15) is 0 Å². The number of aliphatic carboxylic acids is 1. The normalized spacial score (nSPS) is 16.8. The molecule has 2 aromatic rings. The molecule has 21 heavy (non-hydrogen) atoms. The lowest BCUT2D eigenvalue weighted by atomic mass is 9.93.